The van der Waals surface area contributed by atoms with Crippen molar-refractivity contribution in [1.29, 1.82) is 0 Å². The molecule has 0 fully saturated rings. The lowest BCUT2D eigenvalue weighted by atomic mass is 9.98. The monoisotopic (exact) mass is 611 g/mol. The maximum Gasteiger partial charge on any atom is 0.253 e. The van der Waals surface area contributed by atoms with Crippen LogP contribution in [0.15, 0.2) is 118 Å². The molecule has 1 unspecified atom stereocenters. The van der Waals surface area contributed by atoms with Crippen molar-refractivity contribution >= 4 is 50.2 Å². The molecule has 5 aromatic rings. The number of para-hydroxylation sites is 1. The molecule has 0 radical (unpaired) electrons. The third-order valence-electron chi connectivity index (χ3n) is 7.17. The Morgan fingerprint density at radius 1 is 0.975 bits per heavy atom. The molecule has 4 nitrogen and oxygen atoms in total. The van der Waals surface area contributed by atoms with Crippen LogP contribution in [0.1, 0.15) is 34.7 Å². The predicted octanol–water partition coefficient (Wildman–Crippen LogP) is 8.37. The highest BCUT2D eigenvalue weighted by molar-refractivity contribution is 9.10. The topological polar surface area (TPSA) is 37.6 Å². The molecule has 4 aromatic carbocycles. The van der Waals surface area contributed by atoms with Crippen molar-refractivity contribution in [1.82, 2.24) is 9.58 Å². The van der Waals surface area contributed by atoms with E-state index in [0.717, 1.165) is 43.7 Å². The summed E-state index contributed by atoms with van der Waals surface area (Å²) in [5.41, 5.74) is 6.28. The summed E-state index contributed by atoms with van der Waals surface area (Å²) in [6.07, 6.45) is 2.71. The summed E-state index contributed by atoms with van der Waals surface area (Å²) in [4.78, 5) is 14.7. The first kappa shape index (κ1) is 26.5. The van der Waals surface area contributed by atoms with E-state index in [-0.39, 0.29) is 23.5 Å². The second kappa shape index (κ2) is 11.4. The summed E-state index contributed by atoms with van der Waals surface area (Å²) in [6, 6.07) is 30.9. The van der Waals surface area contributed by atoms with E-state index in [9.17, 15) is 9.18 Å². The van der Waals surface area contributed by atoms with Crippen molar-refractivity contribution in [3.8, 4) is 0 Å². The molecular formula is C33H27BrFN3OS. The van der Waals surface area contributed by atoms with Crippen LogP contribution < -0.4 is 0 Å². The van der Waals surface area contributed by atoms with Gasteiger partial charge in [0.15, 0.2) is 0 Å². The van der Waals surface area contributed by atoms with Gasteiger partial charge in [-0.2, -0.15) is 5.10 Å². The van der Waals surface area contributed by atoms with Crippen LogP contribution in [0, 0.1) is 12.7 Å². The first-order chi connectivity index (χ1) is 19.4. The van der Waals surface area contributed by atoms with E-state index in [1.165, 1.54) is 35.0 Å². The van der Waals surface area contributed by atoms with Gasteiger partial charge in [-0.05, 0) is 53.9 Å². The number of benzene rings is 4. The molecule has 1 amide bonds. The van der Waals surface area contributed by atoms with Crippen molar-refractivity contribution in [3.63, 3.8) is 0 Å². The number of halogens is 2. The van der Waals surface area contributed by atoms with Gasteiger partial charge >= 0.3 is 0 Å². The molecule has 0 saturated carbocycles. The van der Waals surface area contributed by atoms with Crippen LogP contribution in [0.2, 0.25) is 0 Å². The van der Waals surface area contributed by atoms with Crippen molar-refractivity contribution < 1.29 is 9.18 Å². The van der Waals surface area contributed by atoms with Crippen molar-refractivity contribution in [2.24, 2.45) is 5.10 Å². The smallest absolute Gasteiger partial charge is 0.253 e. The lowest BCUT2D eigenvalue weighted by Crippen LogP contribution is -2.28. The van der Waals surface area contributed by atoms with E-state index in [1.807, 2.05) is 36.4 Å². The Morgan fingerprint density at radius 2 is 1.70 bits per heavy atom. The molecule has 0 aliphatic carbocycles. The maximum absolute atomic E-state index is 13.7. The normalized spacial score (nSPS) is 15.0. The fourth-order valence-corrected chi connectivity index (χ4v) is 6.26. The third-order valence-corrected chi connectivity index (χ3v) is 8.73. The third kappa shape index (κ3) is 5.62. The number of aryl methyl sites for hydroxylation is 1. The lowest BCUT2D eigenvalue weighted by Gasteiger charge is -2.22. The van der Waals surface area contributed by atoms with Gasteiger partial charge in [0, 0.05) is 39.4 Å². The van der Waals surface area contributed by atoms with Gasteiger partial charge in [-0.15, -0.1) is 11.8 Å². The van der Waals surface area contributed by atoms with Crippen molar-refractivity contribution in [2.45, 2.75) is 30.8 Å². The molecule has 0 N–H and O–H groups in total. The largest absolute Gasteiger partial charge is 0.342 e. The highest BCUT2D eigenvalue weighted by Gasteiger charge is 2.33. The fraction of sp³-hybridized carbons (Fsp3) is 0.152. The molecule has 1 atom stereocenters. The summed E-state index contributed by atoms with van der Waals surface area (Å²) >= 11 is 5.01. The van der Waals surface area contributed by atoms with Crippen LogP contribution in [0.5, 0.6) is 0 Å². The SMILES string of the molecule is Cc1ccc(Cn2cc(SCC(=O)N3N=C(c4ccc(Br)cc4)CC3c3ccc(F)cc3)c3ccccc32)cc1. The standard InChI is InChI=1S/C33H27BrFN3OS/c1-22-6-8-23(9-7-22)19-37-20-32(28-4-2-3-5-30(28)37)40-21-33(39)38-31(25-12-16-27(35)17-13-25)18-29(36-38)24-10-14-26(34)15-11-24/h2-17,20,31H,18-19,21H2,1H3. The van der Waals surface area contributed by atoms with Crippen LogP contribution in [-0.2, 0) is 11.3 Å². The molecule has 7 heteroatoms. The van der Waals surface area contributed by atoms with E-state index >= 15 is 0 Å². The zero-order valence-corrected chi connectivity index (χ0v) is 24.3. The molecule has 1 aliphatic rings. The van der Waals surface area contributed by atoms with Crippen LogP contribution in [0.4, 0.5) is 4.39 Å². The fourth-order valence-electron chi connectivity index (χ4n) is 5.06. The van der Waals surface area contributed by atoms with E-state index in [1.54, 1.807) is 17.1 Å². The first-order valence-corrected chi connectivity index (χ1v) is 14.9. The number of aromatic nitrogens is 1. The van der Waals surface area contributed by atoms with Gasteiger partial charge in [0.05, 0.1) is 17.5 Å². The highest BCUT2D eigenvalue weighted by atomic mass is 79.9. The maximum atomic E-state index is 13.7. The van der Waals surface area contributed by atoms with Gasteiger partial charge in [-0.25, -0.2) is 9.40 Å². The minimum absolute atomic E-state index is 0.0817. The van der Waals surface area contributed by atoms with Gasteiger partial charge in [-0.3, -0.25) is 4.79 Å². The number of hydrogen-bond acceptors (Lipinski definition) is 3. The molecule has 6 rings (SSSR count). The summed E-state index contributed by atoms with van der Waals surface area (Å²) < 4.78 is 16.9. The second-order valence-corrected chi connectivity index (χ2v) is 11.9. The minimum Gasteiger partial charge on any atom is -0.342 e. The number of hydrogen-bond donors (Lipinski definition) is 0. The Bertz CT molecular complexity index is 1700. The van der Waals surface area contributed by atoms with Gasteiger partial charge in [-0.1, -0.05) is 88.2 Å². The summed E-state index contributed by atoms with van der Waals surface area (Å²) in [6.45, 7) is 2.85. The van der Waals surface area contributed by atoms with Gasteiger partial charge in [0.1, 0.15) is 5.82 Å². The summed E-state index contributed by atoms with van der Waals surface area (Å²) in [5.74, 6) is -0.138. The number of hydrazone groups is 1. The van der Waals surface area contributed by atoms with E-state index in [4.69, 9.17) is 5.10 Å². The van der Waals surface area contributed by atoms with Gasteiger partial charge in [0.25, 0.3) is 5.91 Å². The Kier molecular flexibility index (Phi) is 7.59. The second-order valence-electron chi connectivity index (χ2n) is 9.98. The van der Waals surface area contributed by atoms with Crippen LogP contribution in [0.3, 0.4) is 0 Å². The Balaban J connectivity index is 1.25. The number of carbonyl (C=O) groups excluding carboxylic acids is 1. The number of carbonyl (C=O) groups is 1. The molecule has 2 heterocycles. The minimum atomic E-state index is -0.300. The molecule has 0 spiro atoms. The molecular weight excluding hydrogens is 585 g/mol. The van der Waals surface area contributed by atoms with Crippen molar-refractivity contribution in [2.75, 3.05) is 5.75 Å². The molecule has 0 bridgehead atoms. The number of rotatable bonds is 7. The predicted molar refractivity (Wildman–Crippen MR) is 164 cm³/mol. The molecule has 40 heavy (non-hydrogen) atoms. The molecule has 0 saturated heterocycles. The molecule has 1 aromatic heterocycles. The first-order valence-electron chi connectivity index (χ1n) is 13.1. The van der Waals surface area contributed by atoms with Gasteiger partial charge in [0.2, 0.25) is 0 Å². The quantitative estimate of drug-likeness (QED) is 0.173. The Hall–Kier alpha value is -3.68. The highest BCUT2D eigenvalue weighted by Crippen LogP contribution is 2.36. The Labute approximate surface area is 245 Å². The summed E-state index contributed by atoms with van der Waals surface area (Å²) in [5, 5.41) is 7.50. The average Bonchev–Trinajstić information content (AvgIpc) is 3.56. The average molecular weight is 613 g/mol. The van der Waals surface area contributed by atoms with Gasteiger partial charge < -0.3 is 4.57 Å². The van der Waals surface area contributed by atoms with Crippen LogP contribution in [-0.4, -0.2) is 26.9 Å². The number of thioether (sulfide) groups is 1. The van der Waals surface area contributed by atoms with Crippen LogP contribution in [0.25, 0.3) is 10.9 Å². The molecule has 200 valence electrons. The summed E-state index contributed by atoms with van der Waals surface area (Å²) in [7, 11) is 0. The van der Waals surface area contributed by atoms with Crippen molar-refractivity contribution in [3.05, 3.63) is 136 Å². The zero-order valence-electron chi connectivity index (χ0n) is 21.9. The number of fused-ring (bicyclic) bond motifs is 1. The molecule has 1 aliphatic heterocycles. The van der Waals surface area contributed by atoms with E-state index < -0.39 is 0 Å². The number of amides is 1. The van der Waals surface area contributed by atoms with E-state index in [2.05, 4.69) is 70.0 Å². The lowest BCUT2D eigenvalue weighted by molar-refractivity contribution is -0.130. The number of nitrogens with zero attached hydrogens (tertiary/aromatic N) is 3. The van der Waals surface area contributed by atoms with Crippen LogP contribution >= 0.6 is 27.7 Å². The Morgan fingerprint density at radius 3 is 2.45 bits per heavy atom. The van der Waals surface area contributed by atoms with E-state index in [0.29, 0.717) is 6.42 Å². The zero-order chi connectivity index (χ0) is 27.6.